The molecule has 10 aliphatic heterocycles. The van der Waals surface area contributed by atoms with Gasteiger partial charge >= 0.3 is 12.1 Å². The molecule has 10 saturated heterocycles. The van der Waals surface area contributed by atoms with Crippen LogP contribution in [0, 0.1) is 11.8 Å². The molecule has 15 heteroatoms. The summed E-state index contributed by atoms with van der Waals surface area (Å²) in [7, 11) is 1.63. The van der Waals surface area contributed by atoms with Crippen molar-refractivity contribution in [3.8, 4) is 11.1 Å². The number of carbonyl (C=O) groups is 3. The van der Waals surface area contributed by atoms with Gasteiger partial charge in [0.2, 0.25) is 0 Å². The summed E-state index contributed by atoms with van der Waals surface area (Å²) in [5.41, 5.74) is 6.05. The first kappa shape index (κ1) is 49.8. The smallest absolute Gasteiger partial charge is 0.407 e. The Labute approximate surface area is 428 Å². The Balaban J connectivity index is 0.771. The number of hydrogen-bond acceptors (Lipinski definition) is 14. The van der Waals surface area contributed by atoms with Crippen molar-refractivity contribution in [1.82, 2.24) is 5.32 Å². The predicted molar refractivity (Wildman–Crippen MR) is 264 cm³/mol. The second-order valence-electron chi connectivity index (χ2n) is 23.2. The molecular weight excluding hydrogens is 935 g/mol. The Morgan fingerprint density at radius 1 is 0.781 bits per heavy atom. The molecule has 15 nitrogen and oxygen atoms in total. The fourth-order valence-electron chi connectivity index (χ4n) is 14.8. The number of alkyl carbamates (subject to hydrolysis) is 1. The predicted octanol–water partition coefficient (Wildman–Crippen LogP) is 7.98. The highest BCUT2D eigenvalue weighted by atomic mass is 16.8. The lowest BCUT2D eigenvalue weighted by molar-refractivity contribution is -0.294. The van der Waals surface area contributed by atoms with Crippen LogP contribution in [0.2, 0.25) is 0 Å². The van der Waals surface area contributed by atoms with Crippen molar-refractivity contribution in [3.05, 3.63) is 84.0 Å². The number of esters is 1. The van der Waals surface area contributed by atoms with Gasteiger partial charge < -0.3 is 57.4 Å². The molecule has 1 aliphatic carbocycles. The Bertz CT molecular complexity index is 2420. The number of Topliss-reactive ketones (excluding diaryl/α,β-unsaturated/α-hetero) is 1. The monoisotopic (exact) mass is 1010 g/mol. The normalized spacial score (nSPS) is 42.1. The average Bonchev–Trinajstić information content (AvgIpc) is 4.10. The Morgan fingerprint density at radius 2 is 1.51 bits per heavy atom. The zero-order chi connectivity index (χ0) is 50.3. The maximum atomic E-state index is 14.6. The van der Waals surface area contributed by atoms with Gasteiger partial charge in [-0.15, -0.1) is 0 Å². The van der Waals surface area contributed by atoms with E-state index in [0.717, 1.165) is 71.9 Å². The second kappa shape index (κ2) is 19.8. The van der Waals surface area contributed by atoms with E-state index in [9.17, 15) is 14.4 Å². The fourth-order valence-corrected chi connectivity index (χ4v) is 14.8. The molecule has 394 valence electrons. The standard InChI is InChI=1S/C58H73NO14/c1-30-21-35-15-17-45-31(2)22-37(66-45)19-20-58-29-57(5)55(73-58)54-53(71-57)52(72-58)51-46(70-54)18-16-36(68-51)23-34(61)24-43-48(26-47(67-35)32(30)3)69-49(50(43)63-6)25-38(65-33(4)60)27-59-56(62)64-28-44-41-13-9-7-11-39(41)40-12-8-10-14-42(40)44/h7-14,30,35-38,43-55H,2-3,15-29H2,1,4-6H3,(H,59,62)/t30-,35+,36?,37+,38+,43+,45?,46?,47?,48+,49-,50-,51?,52+,53+,54-,55?,57+,58-/m1/s1. The number of carbonyl (C=O) groups excluding carboxylic acids is 3. The lowest BCUT2D eigenvalue weighted by Crippen LogP contribution is -2.61. The molecule has 0 saturated carbocycles. The van der Waals surface area contributed by atoms with Crippen LogP contribution in [0.15, 0.2) is 72.8 Å². The summed E-state index contributed by atoms with van der Waals surface area (Å²) < 4.78 is 73.3. The van der Waals surface area contributed by atoms with Gasteiger partial charge in [0.15, 0.2) is 5.79 Å². The highest BCUT2D eigenvalue weighted by Gasteiger charge is 2.73. The van der Waals surface area contributed by atoms with Crippen LogP contribution >= 0.6 is 0 Å². The Hall–Kier alpha value is -4.03. The largest absolute Gasteiger partial charge is 0.461 e. The SMILES string of the molecule is C=C1C[C@@H]2CC[C@@]34C[C@]5(C)O[C@H]6[C@@H](O3)C3OC(CCC3O[C@H]6C5O4)CC(=O)C[C@@H]3[C@@H](OC)[C@@H](C[C@@H](CNC(=O)OCC4c5ccccc5-c5ccccc54)OC(C)=O)O[C@H]3CC3O[C@@H](CCC1O2)C[C@@H](C)C3=C. The molecule has 2 aromatic carbocycles. The third kappa shape index (κ3) is 9.45. The number of ketones is 1. The average molecular weight is 1010 g/mol. The van der Waals surface area contributed by atoms with Crippen molar-refractivity contribution >= 4 is 17.8 Å². The van der Waals surface area contributed by atoms with Crippen LogP contribution in [0.3, 0.4) is 0 Å². The van der Waals surface area contributed by atoms with E-state index in [0.29, 0.717) is 25.7 Å². The highest BCUT2D eigenvalue weighted by Crippen LogP contribution is 2.59. The molecular formula is C58H73NO14. The van der Waals surface area contributed by atoms with Gasteiger partial charge in [-0.05, 0) is 91.2 Å². The van der Waals surface area contributed by atoms with Crippen molar-refractivity contribution < 1.29 is 66.5 Å². The second-order valence-corrected chi connectivity index (χ2v) is 23.2. The summed E-state index contributed by atoms with van der Waals surface area (Å²) in [5, 5.41) is 2.86. The Morgan fingerprint density at radius 3 is 2.27 bits per heavy atom. The summed E-state index contributed by atoms with van der Waals surface area (Å²) in [4.78, 5) is 40.6. The van der Waals surface area contributed by atoms with Crippen molar-refractivity contribution in [2.45, 2.75) is 213 Å². The molecule has 73 heavy (non-hydrogen) atoms. The summed E-state index contributed by atoms with van der Waals surface area (Å²) >= 11 is 0. The molecule has 12 bridgehead atoms. The number of methoxy groups -OCH3 is 1. The third-order valence-corrected chi connectivity index (χ3v) is 18.2. The van der Waals surface area contributed by atoms with E-state index >= 15 is 0 Å². The maximum Gasteiger partial charge on any atom is 0.407 e. The van der Waals surface area contributed by atoms with E-state index in [-0.39, 0.29) is 111 Å². The molecule has 11 aliphatic rings. The number of benzene rings is 2. The van der Waals surface area contributed by atoms with Crippen LogP contribution in [0.25, 0.3) is 11.1 Å². The summed E-state index contributed by atoms with van der Waals surface area (Å²) in [6.45, 7) is 14.8. The van der Waals surface area contributed by atoms with Crippen LogP contribution in [-0.4, -0.2) is 141 Å². The van der Waals surface area contributed by atoms with Crippen LogP contribution in [0.1, 0.15) is 121 Å². The van der Waals surface area contributed by atoms with Crippen molar-refractivity contribution in [1.29, 1.82) is 0 Å². The minimum absolute atomic E-state index is 0.00588. The fraction of sp³-hybridized carbons (Fsp3) is 0.672. The van der Waals surface area contributed by atoms with Crippen LogP contribution in [0.4, 0.5) is 4.79 Å². The van der Waals surface area contributed by atoms with E-state index in [1.54, 1.807) is 7.11 Å². The molecule has 0 aromatic heterocycles. The Kier molecular flexibility index (Phi) is 13.5. The highest BCUT2D eigenvalue weighted by molar-refractivity contribution is 5.80. The number of nitrogens with one attached hydrogen (secondary N) is 1. The zero-order valence-electron chi connectivity index (χ0n) is 42.7. The van der Waals surface area contributed by atoms with E-state index < -0.39 is 60.1 Å². The summed E-state index contributed by atoms with van der Waals surface area (Å²) in [6.07, 6.45) is 1.92. The van der Waals surface area contributed by atoms with Gasteiger partial charge in [-0.25, -0.2) is 4.79 Å². The molecule has 6 unspecified atom stereocenters. The minimum atomic E-state index is -0.867. The van der Waals surface area contributed by atoms with E-state index in [1.165, 1.54) is 6.92 Å². The molecule has 1 N–H and O–H groups in total. The summed E-state index contributed by atoms with van der Waals surface area (Å²) in [6, 6.07) is 16.4. The van der Waals surface area contributed by atoms with Gasteiger partial charge in [-0.2, -0.15) is 0 Å². The van der Waals surface area contributed by atoms with Gasteiger partial charge in [-0.3, -0.25) is 9.59 Å². The van der Waals surface area contributed by atoms with E-state index in [1.807, 2.05) is 24.3 Å². The topological polar surface area (TPSA) is 165 Å². The van der Waals surface area contributed by atoms with Crippen molar-refractivity contribution in [3.63, 3.8) is 0 Å². The lowest BCUT2D eigenvalue weighted by atomic mass is 9.81. The molecule has 13 rings (SSSR count). The number of amides is 1. The third-order valence-electron chi connectivity index (χ3n) is 18.2. The molecule has 19 atom stereocenters. The van der Waals surface area contributed by atoms with Gasteiger partial charge in [0.05, 0.1) is 61.5 Å². The molecule has 10 heterocycles. The quantitative estimate of drug-likeness (QED) is 0.200. The van der Waals surface area contributed by atoms with Crippen LogP contribution in [-0.2, 0) is 61.7 Å². The van der Waals surface area contributed by atoms with Crippen LogP contribution < -0.4 is 5.32 Å². The summed E-state index contributed by atoms with van der Waals surface area (Å²) in [5.74, 6) is -1.61. The number of ether oxygens (including phenoxy) is 11. The van der Waals surface area contributed by atoms with E-state index in [2.05, 4.69) is 56.6 Å². The number of rotatable bonds is 8. The molecule has 0 radical (unpaired) electrons. The first-order valence-electron chi connectivity index (χ1n) is 27.2. The number of fused-ring (bicyclic) bond motifs is 9. The number of hydrogen-bond donors (Lipinski definition) is 1. The lowest BCUT2D eigenvalue weighted by Gasteiger charge is -2.47. The zero-order valence-corrected chi connectivity index (χ0v) is 42.7. The molecule has 1 spiro atoms. The van der Waals surface area contributed by atoms with Crippen molar-refractivity contribution in [2.75, 3.05) is 20.3 Å². The molecule has 2 aromatic rings. The minimum Gasteiger partial charge on any atom is -0.461 e. The first-order chi connectivity index (χ1) is 35.2. The van der Waals surface area contributed by atoms with Gasteiger partial charge in [-0.1, -0.05) is 68.6 Å². The molecule has 10 fully saturated rings. The first-order valence-corrected chi connectivity index (χ1v) is 27.2. The van der Waals surface area contributed by atoms with Crippen molar-refractivity contribution in [2.24, 2.45) is 11.8 Å². The van der Waals surface area contributed by atoms with Gasteiger partial charge in [0.25, 0.3) is 0 Å². The maximum absolute atomic E-state index is 14.6. The van der Waals surface area contributed by atoms with Gasteiger partial charge in [0, 0.05) is 64.4 Å². The molecule has 1 amide bonds. The van der Waals surface area contributed by atoms with Crippen LogP contribution in [0.5, 0.6) is 0 Å². The van der Waals surface area contributed by atoms with Gasteiger partial charge in [0.1, 0.15) is 54.6 Å². The van der Waals surface area contributed by atoms with E-state index in [4.69, 9.17) is 52.1 Å².